The van der Waals surface area contributed by atoms with Crippen molar-refractivity contribution in [2.24, 2.45) is 0 Å². The molecule has 0 aliphatic carbocycles. The lowest BCUT2D eigenvalue weighted by Gasteiger charge is -2.27. The van der Waals surface area contributed by atoms with Crippen molar-refractivity contribution in [2.45, 2.75) is 6.92 Å². The normalized spacial score (nSPS) is 13.9. The fourth-order valence-electron chi connectivity index (χ4n) is 3.19. The maximum atomic E-state index is 13.2. The van der Waals surface area contributed by atoms with Gasteiger partial charge in [-0.05, 0) is 47.2 Å². The molecule has 10 heteroatoms. The lowest BCUT2D eigenvalue weighted by molar-refractivity contribution is 0.103. The topological polar surface area (TPSA) is 78.3 Å². The van der Waals surface area contributed by atoms with Gasteiger partial charge in [-0.2, -0.15) is 5.26 Å². The van der Waals surface area contributed by atoms with Gasteiger partial charge in [0.25, 0.3) is 5.91 Å². The van der Waals surface area contributed by atoms with Crippen LogP contribution in [0, 0.1) is 21.8 Å². The van der Waals surface area contributed by atoms with Crippen LogP contribution in [0.25, 0.3) is 11.1 Å². The Morgan fingerprint density at radius 3 is 2.80 bits per heavy atom. The van der Waals surface area contributed by atoms with E-state index in [2.05, 4.69) is 43.9 Å². The number of ether oxygens (including phenoxy) is 1. The van der Waals surface area contributed by atoms with Gasteiger partial charge in [-0.25, -0.2) is 4.98 Å². The highest BCUT2D eigenvalue weighted by Crippen LogP contribution is 2.44. The lowest BCUT2D eigenvalue weighted by atomic mass is 10.0. The molecule has 1 aliphatic rings. The predicted octanol–water partition coefficient (Wildman–Crippen LogP) is 5.40. The number of nitrogens with zero attached hydrogens (tertiary/aromatic N) is 3. The van der Waals surface area contributed by atoms with E-state index in [1.807, 2.05) is 24.4 Å². The van der Waals surface area contributed by atoms with Crippen LogP contribution >= 0.6 is 56.9 Å². The number of nitriles is 1. The van der Waals surface area contributed by atoms with Crippen molar-refractivity contribution in [3.63, 3.8) is 0 Å². The van der Waals surface area contributed by atoms with Gasteiger partial charge in [0.05, 0.1) is 24.5 Å². The number of anilines is 2. The molecule has 1 amide bonds. The number of morpholine rings is 1. The first-order valence-corrected chi connectivity index (χ1v) is 12.2. The summed E-state index contributed by atoms with van der Waals surface area (Å²) in [4.78, 5) is 20.2. The standard InChI is InChI=1S/C20H16ClIN4O2S2/c1-11-10-29-20(24-11)25-18(27)17-16(13-3-2-12(21)8-15(13)22)14(9-23)19(30-17)26-4-6-28-7-5-26/h2-3,8,10H,4-7H2,1H3,(H,24,25,27). The minimum absolute atomic E-state index is 0.272. The molecular weight excluding hydrogens is 555 g/mol. The number of nitrogens with one attached hydrogen (secondary N) is 1. The number of aromatic nitrogens is 1. The molecule has 0 radical (unpaired) electrons. The lowest BCUT2D eigenvalue weighted by Crippen LogP contribution is -2.36. The second-order valence-electron chi connectivity index (χ2n) is 6.57. The average Bonchev–Trinajstić information content (AvgIpc) is 3.32. The number of carbonyl (C=O) groups is 1. The van der Waals surface area contributed by atoms with E-state index < -0.39 is 0 Å². The minimum Gasteiger partial charge on any atom is -0.378 e. The third-order valence-corrected chi connectivity index (χ3v) is 7.80. The van der Waals surface area contributed by atoms with E-state index in [1.165, 1.54) is 22.7 Å². The zero-order chi connectivity index (χ0) is 21.3. The number of amides is 1. The average molecular weight is 571 g/mol. The zero-order valence-corrected chi connectivity index (χ0v) is 20.4. The van der Waals surface area contributed by atoms with Crippen LogP contribution in [0.5, 0.6) is 0 Å². The van der Waals surface area contributed by atoms with Crippen molar-refractivity contribution >= 4 is 72.9 Å². The van der Waals surface area contributed by atoms with Gasteiger partial charge in [0, 0.05) is 32.6 Å². The fourth-order valence-corrected chi connectivity index (χ4v) is 6.22. The van der Waals surface area contributed by atoms with Crippen LogP contribution in [0.4, 0.5) is 10.1 Å². The van der Waals surface area contributed by atoms with E-state index in [1.54, 1.807) is 6.07 Å². The van der Waals surface area contributed by atoms with Crippen molar-refractivity contribution in [2.75, 3.05) is 36.5 Å². The van der Waals surface area contributed by atoms with Gasteiger partial charge in [0.1, 0.15) is 15.9 Å². The Hall–Kier alpha value is -1.71. The van der Waals surface area contributed by atoms with Crippen molar-refractivity contribution in [1.82, 2.24) is 4.98 Å². The van der Waals surface area contributed by atoms with E-state index in [-0.39, 0.29) is 5.91 Å². The summed E-state index contributed by atoms with van der Waals surface area (Å²) in [6, 6.07) is 7.81. The van der Waals surface area contributed by atoms with E-state index in [0.29, 0.717) is 52.5 Å². The van der Waals surface area contributed by atoms with Crippen molar-refractivity contribution in [1.29, 1.82) is 5.26 Å². The molecule has 1 N–H and O–H groups in total. The second kappa shape index (κ2) is 9.20. The molecule has 4 rings (SSSR count). The zero-order valence-electron chi connectivity index (χ0n) is 15.9. The Bertz CT molecular complexity index is 1150. The number of thiazole rings is 1. The van der Waals surface area contributed by atoms with Crippen LogP contribution in [0.3, 0.4) is 0 Å². The third-order valence-electron chi connectivity index (χ3n) is 4.55. The summed E-state index contributed by atoms with van der Waals surface area (Å²) in [6.45, 7) is 4.42. The highest BCUT2D eigenvalue weighted by Gasteiger charge is 2.29. The molecule has 1 aliphatic heterocycles. The molecule has 1 fully saturated rings. The summed E-state index contributed by atoms with van der Waals surface area (Å²) < 4.78 is 6.33. The molecule has 1 aromatic carbocycles. The number of benzene rings is 1. The van der Waals surface area contributed by atoms with E-state index in [4.69, 9.17) is 16.3 Å². The Labute approximate surface area is 200 Å². The molecule has 0 unspecified atom stereocenters. The number of thiophene rings is 1. The van der Waals surface area contributed by atoms with Crippen molar-refractivity contribution in [3.8, 4) is 17.2 Å². The maximum absolute atomic E-state index is 13.2. The summed E-state index contributed by atoms with van der Waals surface area (Å²) in [7, 11) is 0. The summed E-state index contributed by atoms with van der Waals surface area (Å²) in [6.07, 6.45) is 0. The second-order valence-corrected chi connectivity index (χ2v) is 10.0. The Balaban J connectivity index is 1.85. The molecule has 0 atom stereocenters. The smallest absolute Gasteiger partial charge is 0.268 e. The molecule has 0 saturated carbocycles. The molecule has 0 spiro atoms. The molecule has 1 saturated heterocycles. The third kappa shape index (κ3) is 4.33. The fraction of sp³-hybridized carbons (Fsp3) is 0.250. The summed E-state index contributed by atoms with van der Waals surface area (Å²) in [5.41, 5.74) is 2.80. The van der Waals surface area contributed by atoms with Crippen LogP contribution in [-0.2, 0) is 4.74 Å². The van der Waals surface area contributed by atoms with Gasteiger partial charge in [-0.3, -0.25) is 10.1 Å². The first kappa shape index (κ1) is 21.5. The quantitative estimate of drug-likeness (QED) is 0.425. The van der Waals surface area contributed by atoms with Crippen molar-refractivity contribution in [3.05, 3.63) is 48.3 Å². The van der Waals surface area contributed by atoms with Gasteiger partial charge >= 0.3 is 0 Å². The molecular formula is C20H16ClIN4O2S2. The number of hydrogen-bond donors (Lipinski definition) is 1. The summed E-state index contributed by atoms with van der Waals surface area (Å²) >= 11 is 11.0. The SMILES string of the molecule is Cc1csc(NC(=O)c2sc(N3CCOCC3)c(C#N)c2-c2ccc(Cl)cc2I)n1. The molecule has 3 aromatic rings. The van der Waals surface area contributed by atoms with Crippen LogP contribution in [-0.4, -0.2) is 37.2 Å². The summed E-state index contributed by atoms with van der Waals surface area (Å²) in [5.74, 6) is -0.272. The minimum atomic E-state index is -0.272. The van der Waals surface area contributed by atoms with Gasteiger partial charge in [0.15, 0.2) is 5.13 Å². The Kier molecular flexibility index (Phi) is 6.60. The van der Waals surface area contributed by atoms with Crippen molar-refractivity contribution < 1.29 is 9.53 Å². The molecule has 0 bridgehead atoms. The molecule has 154 valence electrons. The molecule has 30 heavy (non-hydrogen) atoms. The van der Waals surface area contributed by atoms with Crippen LogP contribution < -0.4 is 10.2 Å². The maximum Gasteiger partial charge on any atom is 0.268 e. The van der Waals surface area contributed by atoms with Crippen LogP contribution in [0.1, 0.15) is 20.9 Å². The number of hydrogen-bond acceptors (Lipinski definition) is 7. The Morgan fingerprint density at radius 2 is 2.17 bits per heavy atom. The number of carbonyl (C=O) groups excluding carboxylic acids is 1. The van der Waals surface area contributed by atoms with Gasteiger partial charge < -0.3 is 9.64 Å². The van der Waals surface area contributed by atoms with Gasteiger partial charge in [0.2, 0.25) is 0 Å². The monoisotopic (exact) mass is 570 g/mol. The van der Waals surface area contributed by atoms with Gasteiger partial charge in [-0.15, -0.1) is 22.7 Å². The number of aryl methyl sites for hydroxylation is 1. The van der Waals surface area contributed by atoms with E-state index in [0.717, 1.165) is 19.8 Å². The number of halogens is 2. The first-order valence-electron chi connectivity index (χ1n) is 9.06. The van der Waals surface area contributed by atoms with E-state index in [9.17, 15) is 10.1 Å². The van der Waals surface area contributed by atoms with Crippen LogP contribution in [0.2, 0.25) is 5.02 Å². The first-order chi connectivity index (χ1) is 14.5. The predicted molar refractivity (Wildman–Crippen MR) is 130 cm³/mol. The number of rotatable bonds is 4. The molecule has 3 heterocycles. The largest absolute Gasteiger partial charge is 0.378 e. The van der Waals surface area contributed by atoms with E-state index >= 15 is 0 Å². The highest BCUT2D eigenvalue weighted by atomic mass is 127. The highest BCUT2D eigenvalue weighted by molar-refractivity contribution is 14.1. The summed E-state index contributed by atoms with van der Waals surface area (Å²) in [5, 5.41) is 16.8. The Morgan fingerprint density at radius 1 is 1.40 bits per heavy atom. The van der Waals surface area contributed by atoms with Crippen LogP contribution in [0.15, 0.2) is 23.6 Å². The van der Waals surface area contributed by atoms with Gasteiger partial charge in [-0.1, -0.05) is 17.7 Å². The molecule has 6 nitrogen and oxygen atoms in total. The molecule has 2 aromatic heterocycles.